The van der Waals surface area contributed by atoms with Crippen molar-refractivity contribution in [1.82, 2.24) is 5.32 Å². The van der Waals surface area contributed by atoms with Crippen LogP contribution in [0.5, 0.6) is 0 Å². The average molecular weight is 234 g/mol. The van der Waals surface area contributed by atoms with Gasteiger partial charge in [0.25, 0.3) is 0 Å². The summed E-state index contributed by atoms with van der Waals surface area (Å²) in [4.78, 5) is 0. The molecule has 15 heavy (non-hydrogen) atoms. The molecule has 0 aromatic heterocycles. The minimum absolute atomic E-state index is 0.000833. The van der Waals surface area contributed by atoms with E-state index in [-0.39, 0.29) is 17.2 Å². The fourth-order valence-corrected chi connectivity index (χ4v) is 1.83. The predicted molar refractivity (Wildman–Crippen MR) is 52.9 cm³/mol. The zero-order valence-corrected chi connectivity index (χ0v) is 8.65. The first-order valence-electron chi connectivity index (χ1n) is 4.64. The van der Waals surface area contributed by atoms with Gasteiger partial charge in [-0.25, -0.2) is 8.78 Å². The molecular weight excluding hydrogens is 224 g/mol. The Bertz CT molecular complexity index is 343. The van der Waals surface area contributed by atoms with Crippen LogP contribution in [0.2, 0.25) is 5.02 Å². The summed E-state index contributed by atoms with van der Waals surface area (Å²) in [6.45, 7) is 1.43. The Hall–Kier alpha value is -0.710. The second kappa shape index (κ2) is 4.43. The number of morpholine rings is 1. The van der Waals surface area contributed by atoms with E-state index in [4.69, 9.17) is 16.3 Å². The van der Waals surface area contributed by atoms with Crippen molar-refractivity contribution in [1.29, 1.82) is 0 Å². The molecule has 0 saturated carbocycles. The molecule has 2 nitrogen and oxygen atoms in total. The van der Waals surface area contributed by atoms with Gasteiger partial charge in [0.05, 0.1) is 19.3 Å². The van der Waals surface area contributed by atoms with E-state index < -0.39 is 17.7 Å². The molecule has 0 amide bonds. The summed E-state index contributed by atoms with van der Waals surface area (Å²) in [6, 6.07) is 1.78. The van der Waals surface area contributed by atoms with Crippen molar-refractivity contribution < 1.29 is 13.5 Å². The predicted octanol–water partition coefficient (Wildman–Crippen LogP) is 2.28. The van der Waals surface area contributed by atoms with Crippen molar-refractivity contribution in [3.63, 3.8) is 0 Å². The summed E-state index contributed by atoms with van der Waals surface area (Å²) in [5, 5.41) is 3.05. The molecule has 1 aliphatic rings. The Labute approximate surface area is 91.2 Å². The molecule has 0 radical (unpaired) electrons. The van der Waals surface area contributed by atoms with Crippen molar-refractivity contribution in [2.24, 2.45) is 0 Å². The summed E-state index contributed by atoms with van der Waals surface area (Å²) >= 11 is 5.53. The van der Waals surface area contributed by atoms with E-state index >= 15 is 0 Å². The molecule has 1 N–H and O–H groups in total. The number of hydrogen-bond acceptors (Lipinski definition) is 2. The van der Waals surface area contributed by atoms with Crippen molar-refractivity contribution in [3.8, 4) is 0 Å². The van der Waals surface area contributed by atoms with E-state index in [1.165, 1.54) is 0 Å². The Morgan fingerprint density at radius 1 is 1.33 bits per heavy atom. The highest BCUT2D eigenvalue weighted by molar-refractivity contribution is 6.30. The van der Waals surface area contributed by atoms with Gasteiger partial charge < -0.3 is 10.1 Å². The van der Waals surface area contributed by atoms with Crippen LogP contribution in [-0.4, -0.2) is 19.8 Å². The monoisotopic (exact) mass is 233 g/mol. The molecule has 0 bridgehead atoms. The number of nitrogens with one attached hydrogen (secondary N) is 1. The summed E-state index contributed by atoms with van der Waals surface area (Å²) < 4.78 is 32.1. The maximum atomic E-state index is 13.5. The Balaban J connectivity index is 2.33. The van der Waals surface area contributed by atoms with Crippen molar-refractivity contribution in [2.75, 3.05) is 19.8 Å². The zero-order chi connectivity index (χ0) is 10.8. The lowest BCUT2D eigenvalue weighted by molar-refractivity contribution is 0.0745. The molecule has 1 atom stereocenters. The van der Waals surface area contributed by atoms with Crippen LogP contribution >= 0.6 is 11.6 Å². The van der Waals surface area contributed by atoms with E-state index in [2.05, 4.69) is 5.32 Å². The summed E-state index contributed by atoms with van der Waals surface area (Å²) in [7, 11) is 0. The lowest BCUT2D eigenvalue weighted by Crippen LogP contribution is -2.35. The van der Waals surface area contributed by atoms with Gasteiger partial charge in [-0.3, -0.25) is 0 Å². The van der Waals surface area contributed by atoms with Crippen LogP contribution < -0.4 is 5.32 Å². The summed E-state index contributed by atoms with van der Waals surface area (Å²) in [6.07, 6.45) is 0. The average Bonchev–Trinajstić information content (AvgIpc) is 2.17. The zero-order valence-electron chi connectivity index (χ0n) is 7.90. The van der Waals surface area contributed by atoms with Gasteiger partial charge >= 0.3 is 0 Å². The second-order valence-electron chi connectivity index (χ2n) is 3.36. The van der Waals surface area contributed by atoms with Gasteiger partial charge in [0.15, 0.2) is 0 Å². The highest BCUT2D eigenvalue weighted by Gasteiger charge is 2.22. The molecular formula is C10H10ClF2NO. The van der Waals surface area contributed by atoms with Gasteiger partial charge in [-0.2, -0.15) is 0 Å². The minimum Gasteiger partial charge on any atom is -0.378 e. The van der Waals surface area contributed by atoms with Crippen molar-refractivity contribution >= 4 is 11.6 Å². The van der Waals surface area contributed by atoms with Crippen LogP contribution in [0.25, 0.3) is 0 Å². The van der Waals surface area contributed by atoms with Gasteiger partial charge in [0.1, 0.15) is 11.6 Å². The Morgan fingerprint density at radius 3 is 2.53 bits per heavy atom. The van der Waals surface area contributed by atoms with E-state index in [0.29, 0.717) is 13.2 Å². The fourth-order valence-electron chi connectivity index (χ4n) is 1.64. The number of benzene rings is 1. The number of halogens is 3. The van der Waals surface area contributed by atoms with Crippen LogP contribution in [0.3, 0.4) is 0 Å². The first-order valence-corrected chi connectivity index (χ1v) is 5.02. The first-order chi connectivity index (χ1) is 7.18. The molecule has 5 heteroatoms. The standard InChI is InChI=1S/C10H10ClF2NO/c11-6-3-7(12)10(8(13)4-6)9-5-15-2-1-14-9/h3-4,9,14H,1-2,5H2/t9-/m1/s1. The molecule has 0 unspecified atom stereocenters. The van der Waals surface area contributed by atoms with E-state index in [1.54, 1.807) is 0 Å². The third kappa shape index (κ3) is 2.27. The molecule has 0 spiro atoms. The number of ether oxygens (including phenoxy) is 1. The van der Waals surface area contributed by atoms with Gasteiger partial charge in [0.2, 0.25) is 0 Å². The summed E-state index contributed by atoms with van der Waals surface area (Å²) in [5.41, 5.74) is -0.000833. The Morgan fingerprint density at radius 2 is 2.00 bits per heavy atom. The smallest absolute Gasteiger partial charge is 0.132 e. The van der Waals surface area contributed by atoms with Crippen LogP contribution in [0.4, 0.5) is 8.78 Å². The van der Waals surface area contributed by atoms with Crippen LogP contribution in [0.1, 0.15) is 11.6 Å². The van der Waals surface area contributed by atoms with E-state index in [9.17, 15) is 8.78 Å². The highest BCUT2D eigenvalue weighted by atomic mass is 35.5. The third-order valence-electron chi connectivity index (χ3n) is 2.31. The van der Waals surface area contributed by atoms with Crippen molar-refractivity contribution in [2.45, 2.75) is 6.04 Å². The normalized spacial score (nSPS) is 21.7. The van der Waals surface area contributed by atoms with Crippen molar-refractivity contribution in [3.05, 3.63) is 34.4 Å². The van der Waals surface area contributed by atoms with Crippen LogP contribution in [0, 0.1) is 11.6 Å². The molecule has 1 fully saturated rings. The largest absolute Gasteiger partial charge is 0.378 e. The molecule has 1 heterocycles. The van der Waals surface area contributed by atoms with Gasteiger partial charge in [-0.15, -0.1) is 0 Å². The lowest BCUT2D eigenvalue weighted by atomic mass is 10.1. The van der Waals surface area contributed by atoms with Gasteiger partial charge in [-0.05, 0) is 12.1 Å². The van der Waals surface area contributed by atoms with Crippen LogP contribution in [0.15, 0.2) is 12.1 Å². The molecule has 2 rings (SSSR count). The van der Waals surface area contributed by atoms with E-state index in [1.807, 2.05) is 0 Å². The SMILES string of the molecule is Fc1cc(Cl)cc(F)c1[C@H]1COCCN1. The summed E-state index contributed by atoms with van der Waals surface area (Å²) in [5.74, 6) is -1.27. The van der Waals surface area contributed by atoms with Crippen LogP contribution in [-0.2, 0) is 4.74 Å². The Kier molecular flexibility index (Phi) is 3.19. The topological polar surface area (TPSA) is 21.3 Å². The molecule has 1 saturated heterocycles. The lowest BCUT2D eigenvalue weighted by Gasteiger charge is -2.24. The van der Waals surface area contributed by atoms with E-state index in [0.717, 1.165) is 12.1 Å². The molecule has 1 aromatic carbocycles. The third-order valence-corrected chi connectivity index (χ3v) is 2.53. The number of rotatable bonds is 1. The highest BCUT2D eigenvalue weighted by Crippen LogP contribution is 2.25. The van der Waals surface area contributed by atoms with Gasteiger partial charge in [-0.1, -0.05) is 11.6 Å². The molecule has 82 valence electrons. The second-order valence-corrected chi connectivity index (χ2v) is 3.80. The maximum Gasteiger partial charge on any atom is 0.132 e. The van der Waals surface area contributed by atoms with Gasteiger partial charge in [0, 0.05) is 17.1 Å². The molecule has 1 aromatic rings. The molecule has 1 aliphatic heterocycles. The number of hydrogen-bond donors (Lipinski definition) is 1. The fraction of sp³-hybridized carbons (Fsp3) is 0.400. The maximum absolute atomic E-state index is 13.5. The quantitative estimate of drug-likeness (QED) is 0.804. The molecule has 0 aliphatic carbocycles. The first kappa shape index (κ1) is 10.8. The minimum atomic E-state index is -0.636.